The number of allylic oxidation sites excluding steroid dienone is 3. The van der Waals surface area contributed by atoms with Crippen molar-refractivity contribution in [1.29, 1.82) is 0 Å². The molecular weight excluding hydrogens is 354 g/mol. The topological polar surface area (TPSA) is 37.4 Å². The summed E-state index contributed by atoms with van der Waals surface area (Å²) in [7, 11) is -3.65. The summed E-state index contributed by atoms with van der Waals surface area (Å²) in [4.78, 5) is 0.345. The largest absolute Gasteiger partial charge is 0.264 e. The van der Waals surface area contributed by atoms with Gasteiger partial charge in [-0.05, 0) is 73.9 Å². The van der Waals surface area contributed by atoms with Crippen molar-refractivity contribution in [3.63, 3.8) is 0 Å². The zero-order chi connectivity index (χ0) is 19.0. The molecule has 1 unspecified atom stereocenters. The maximum Gasteiger partial charge on any atom is 0.264 e. The molecule has 2 aliphatic rings. The molecule has 1 aliphatic carbocycles. The van der Waals surface area contributed by atoms with E-state index in [0.717, 1.165) is 30.5 Å². The Morgan fingerprint density at radius 2 is 1.37 bits per heavy atom. The molecule has 1 saturated carbocycles. The third-order valence-corrected chi connectivity index (χ3v) is 7.64. The minimum atomic E-state index is -3.65. The molecule has 1 fully saturated rings. The monoisotopic (exact) mass is 379 g/mol. The van der Waals surface area contributed by atoms with Crippen LogP contribution in [0.3, 0.4) is 0 Å². The Hall–Kier alpha value is -2.33. The predicted octanol–water partition coefficient (Wildman–Crippen LogP) is 5.60. The average Bonchev–Trinajstić information content (AvgIpc) is 2.71. The molecule has 0 N–H and O–H groups in total. The van der Waals surface area contributed by atoms with Gasteiger partial charge in [-0.25, -0.2) is 8.42 Å². The van der Waals surface area contributed by atoms with Crippen LogP contribution in [0.2, 0.25) is 0 Å². The Labute approximate surface area is 162 Å². The SMILES string of the molecule is CC1=C2CCCCC2=C(C)N(S(=O)(=O)c2ccccc2)C1c1ccccc1. The van der Waals surface area contributed by atoms with Crippen LogP contribution in [0.1, 0.15) is 51.1 Å². The molecular formula is C23H25NO2S. The third-order valence-electron chi connectivity index (χ3n) is 5.77. The highest BCUT2D eigenvalue weighted by Crippen LogP contribution is 2.47. The van der Waals surface area contributed by atoms with Gasteiger partial charge in [0.2, 0.25) is 0 Å². The molecule has 3 nitrogen and oxygen atoms in total. The summed E-state index contributed by atoms with van der Waals surface area (Å²) < 4.78 is 29.0. The van der Waals surface area contributed by atoms with Crippen LogP contribution in [0.15, 0.2) is 88.0 Å². The Morgan fingerprint density at radius 3 is 2.00 bits per heavy atom. The lowest BCUT2D eigenvalue weighted by atomic mass is 9.80. The standard InChI is InChI=1S/C23H25NO2S/c1-17-21-15-9-10-16-22(21)18(2)24(23(17)19-11-5-3-6-12-19)27(25,26)20-13-7-4-8-14-20/h3-8,11-14,23H,9-10,15-16H2,1-2H3. The zero-order valence-electron chi connectivity index (χ0n) is 15.9. The van der Waals surface area contributed by atoms with Crippen molar-refractivity contribution in [1.82, 2.24) is 4.31 Å². The van der Waals surface area contributed by atoms with Crippen LogP contribution < -0.4 is 0 Å². The van der Waals surface area contributed by atoms with Crippen LogP contribution in [-0.2, 0) is 10.0 Å². The van der Waals surface area contributed by atoms with Gasteiger partial charge in [0.1, 0.15) is 0 Å². The Kier molecular flexibility index (Phi) is 4.68. The van der Waals surface area contributed by atoms with E-state index in [-0.39, 0.29) is 6.04 Å². The van der Waals surface area contributed by atoms with Crippen LogP contribution in [0.5, 0.6) is 0 Å². The molecule has 2 aromatic rings. The summed E-state index contributed by atoms with van der Waals surface area (Å²) >= 11 is 0. The van der Waals surface area contributed by atoms with E-state index in [1.54, 1.807) is 28.6 Å². The van der Waals surface area contributed by atoms with Crippen LogP contribution in [0, 0.1) is 0 Å². The maximum absolute atomic E-state index is 13.7. The van der Waals surface area contributed by atoms with Crippen LogP contribution in [0.4, 0.5) is 0 Å². The average molecular weight is 380 g/mol. The highest BCUT2D eigenvalue weighted by Gasteiger charge is 2.39. The van der Waals surface area contributed by atoms with Gasteiger partial charge in [-0.2, -0.15) is 0 Å². The molecule has 0 spiro atoms. The molecule has 0 amide bonds. The van der Waals surface area contributed by atoms with Crippen molar-refractivity contribution in [2.24, 2.45) is 0 Å². The number of fused-ring (bicyclic) bond motifs is 1. The molecule has 1 heterocycles. The second kappa shape index (κ2) is 7.01. The van der Waals surface area contributed by atoms with Crippen molar-refractivity contribution in [3.8, 4) is 0 Å². The molecule has 27 heavy (non-hydrogen) atoms. The van der Waals surface area contributed by atoms with Gasteiger partial charge < -0.3 is 0 Å². The lowest BCUT2D eigenvalue weighted by Crippen LogP contribution is -2.38. The number of rotatable bonds is 3. The summed E-state index contributed by atoms with van der Waals surface area (Å²) in [6, 6.07) is 18.5. The fraction of sp³-hybridized carbons (Fsp3) is 0.304. The van der Waals surface area contributed by atoms with Gasteiger partial charge in [-0.15, -0.1) is 0 Å². The van der Waals surface area contributed by atoms with Crippen molar-refractivity contribution in [2.75, 3.05) is 0 Å². The smallest absolute Gasteiger partial charge is 0.259 e. The van der Waals surface area contributed by atoms with Gasteiger partial charge in [0.25, 0.3) is 10.0 Å². The fourth-order valence-electron chi connectivity index (χ4n) is 4.45. The van der Waals surface area contributed by atoms with Crippen molar-refractivity contribution in [2.45, 2.75) is 50.5 Å². The first-order chi connectivity index (χ1) is 13.0. The van der Waals surface area contributed by atoms with Gasteiger partial charge in [0.05, 0.1) is 10.9 Å². The van der Waals surface area contributed by atoms with Crippen molar-refractivity contribution >= 4 is 10.0 Å². The third kappa shape index (κ3) is 3.02. The van der Waals surface area contributed by atoms with Crippen LogP contribution in [0.25, 0.3) is 0 Å². The van der Waals surface area contributed by atoms with E-state index in [2.05, 4.69) is 6.92 Å². The lowest BCUT2D eigenvalue weighted by Gasteiger charge is -2.42. The molecule has 2 aromatic carbocycles. The second-order valence-corrected chi connectivity index (χ2v) is 9.17. The molecule has 1 aliphatic heterocycles. The van der Waals surface area contributed by atoms with Crippen molar-refractivity contribution < 1.29 is 8.42 Å². The van der Waals surface area contributed by atoms with E-state index in [1.807, 2.05) is 43.3 Å². The van der Waals surface area contributed by atoms with E-state index in [0.29, 0.717) is 4.90 Å². The van der Waals surface area contributed by atoms with Gasteiger partial charge in [-0.1, -0.05) is 48.5 Å². The number of hydrogen-bond acceptors (Lipinski definition) is 2. The second-order valence-electron chi connectivity index (χ2n) is 7.36. The zero-order valence-corrected chi connectivity index (χ0v) is 16.7. The number of nitrogens with zero attached hydrogens (tertiary/aromatic N) is 1. The predicted molar refractivity (Wildman–Crippen MR) is 109 cm³/mol. The molecule has 0 saturated heterocycles. The summed E-state index contributed by atoms with van der Waals surface area (Å²) in [6.07, 6.45) is 4.30. The molecule has 4 rings (SSSR count). The van der Waals surface area contributed by atoms with Crippen LogP contribution in [-0.4, -0.2) is 12.7 Å². The molecule has 0 radical (unpaired) electrons. The highest BCUT2D eigenvalue weighted by molar-refractivity contribution is 7.89. The first kappa shape index (κ1) is 18.1. The van der Waals surface area contributed by atoms with E-state index in [4.69, 9.17) is 0 Å². The fourth-order valence-corrected chi connectivity index (χ4v) is 6.21. The van der Waals surface area contributed by atoms with Gasteiger partial charge in [-0.3, -0.25) is 4.31 Å². The number of sulfonamides is 1. The first-order valence-corrected chi connectivity index (χ1v) is 11.0. The van der Waals surface area contributed by atoms with E-state index in [9.17, 15) is 8.42 Å². The highest BCUT2D eigenvalue weighted by atomic mass is 32.2. The number of benzene rings is 2. The normalized spacial score (nSPS) is 20.7. The van der Waals surface area contributed by atoms with E-state index in [1.165, 1.54) is 23.1 Å². The summed E-state index contributed by atoms with van der Waals surface area (Å²) in [5.74, 6) is 0. The lowest BCUT2D eigenvalue weighted by molar-refractivity contribution is 0.398. The molecule has 0 aromatic heterocycles. The number of hydrogen-bond donors (Lipinski definition) is 0. The maximum atomic E-state index is 13.7. The quantitative estimate of drug-likeness (QED) is 0.696. The first-order valence-electron chi connectivity index (χ1n) is 9.56. The van der Waals surface area contributed by atoms with Gasteiger partial charge in [0.15, 0.2) is 0 Å². The Morgan fingerprint density at radius 1 is 0.815 bits per heavy atom. The Balaban J connectivity index is 1.94. The van der Waals surface area contributed by atoms with Crippen LogP contribution >= 0.6 is 0 Å². The van der Waals surface area contributed by atoms with Crippen molar-refractivity contribution in [3.05, 3.63) is 88.6 Å². The molecule has 0 bridgehead atoms. The minimum Gasteiger partial charge on any atom is -0.259 e. The van der Waals surface area contributed by atoms with E-state index >= 15 is 0 Å². The summed E-state index contributed by atoms with van der Waals surface area (Å²) in [5.41, 5.74) is 5.66. The molecule has 1 atom stereocenters. The van der Waals surface area contributed by atoms with Gasteiger partial charge in [0, 0.05) is 5.70 Å². The van der Waals surface area contributed by atoms with Gasteiger partial charge >= 0.3 is 0 Å². The summed E-state index contributed by atoms with van der Waals surface area (Å²) in [6.45, 7) is 4.09. The van der Waals surface area contributed by atoms with E-state index < -0.39 is 10.0 Å². The molecule has 140 valence electrons. The summed E-state index contributed by atoms with van der Waals surface area (Å²) in [5, 5.41) is 0. The minimum absolute atomic E-state index is 0.284. The molecule has 4 heteroatoms. The Bertz CT molecular complexity index is 1000.